The van der Waals surface area contributed by atoms with E-state index < -0.39 is 0 Å². The lowest BCUT2D eigenvalue weighted by Gasteiger charge is -2.28. The number of alkyl halides is 1. The third kappa shape index (κ3) is 6.57. The van der Waals surface area contributed by atoms with Gasteiger partial charge in [0.15, 0.2) is 0 Å². The highest BCUT2D eigenvalue weighted by atomic mass is 35.5. The maximum absolute atomic E-state index is 5.85. The molecule has 0 N–H and O–H groups in total. The Morgan fingerprint density at radius 3 is 2.39 bits per heavy atom. The molecule has 0 saturated heterocycles. The van der Waals surface area contributed by atoms with Gasteiger partial charge in [0.05, 0.1) is 23.5 Å². The average Bonchev–Trinajstić information content (AvgIpc) is 2.75. The van der Waals surface area contributed by atoms with Crippen LogP contribution >= 0.6 is 11.6 Å². The number of hydrogen-bond donors (Lipinski definition) is 0. The molecule has 0 aliphatic carbocycles. The number of ether oxygens (including phenoxy) is 3. The summed E-state index contributed by atoms with van der Waals surface area (Å²) in [5.41, 5.74) is 4.76. The maximum Gasteiger partial charge on any atom is 0.137 e. The first-order chi connectivity index (χ1) is 14.7. The number of benzene rings is 2. The predicted molar refractivity (Wildman–Crippen MR) is 129 cm³/mol. The molecule has 0 aliphatic heterocycles. The van der Waals surface area contributed by atoms with E-state index in [9.17, 15) is 0 Å². The number of aryl methyl sites for hydroxylation is 1. The second kappa shape index (κ2) is 11.0. The zero-order chi connectivity index (χ0) is 23.0. The van der Waals surface area contributed by atoms with Gasteiger partial charge in [-0.25, -0.2) is 0 Å². The molecular formula is C27H31ClO3. The average molecular weight is 439 g/mol. The van der Waals surface area contributed by atoms with E-state index in [0.717, 1.165) is 39.3 Å². The van der Waals surface area contributed by atoms with Crippen molar-refractivity contribution in [3.05, 3.63) is 82.8 Å². The number of hydrogen-bond acceptors (Lipinski definition) is 3. The van der Waals surface area contributed by atoms with Crippen LogP contribution in [0.1, 0.15) is 49.9 Å². The van der Waals surface area contributed by atoms with Crippen molar-refractivity contribution in [3.63, 3.8) is 0 Å². The number of allylic oxidation sites excluding steroid dienone is 1. The van der Waals surface area contributed by atoms with Crippen LogP contribution in [0.25, 0.3) is 0 Å². The molecule has 0 fully saturated rings. The van der Waals surface area contributed by atoms with E-state index in [0.29, 0.717) is 24.9 Å². The Morgan fingerprint density at radius 2 is 1.81 bits per heavy atom. The van der Waals surface area contributed by atoms with Gasteiger partial charge >= 0.3 is 0 Å². The first-order valence-corrected chi connectivity index (χ1v) is 10.7. The normalized spacial score (nSPS) is 11.6. The molecule has 0 unspecified atom stereocenters. The summed E-state index contributed by atoms with van der Waals surface area (Å²) in [6.07, 6.45) is 7.42. The van der Waals surface area contributed by atoms with E-state index in [-0.39, 0.29) is 5.41 Å². The van der Waals surface area contributed by atoms with Crippen LogP contribution < -0.4 is 9.47 Å². The fraction of sp³-hybridized carbons (Fsp3) is 0.333. The Bertz CT molecular complexity index is 979. The summed E-state index contributed by atoms with van der Waals surface area (Å²) in [7, 11) is 0. The van der Waals surface area contributed by atoms with Crippen LogP contribution in [-0.4, -0.2) is 19.1 Å². The van der Waals surface area contributed by atoms with Gasteiger partial charge in [-0.05, 0) is 61.2 Å². The summed E-state index contributed by atoms with van der Waals surface area (Å²) < 4.78 is 16.9. The Balaban J connectivity index is 2.20. The molecule has 2 rings (SSSR count). The van der Waals surface area contributed by atoms with Gasteiger partial charge in [-0.3, -0.25) is 0 Å². The Labute approximate surface area is 191 Å². The Morgan fingerprint density at radius 1 is 1.13 bits per heavy atom. The highest BCUT2D eigenvalue weighted by Gasteiger charge is 2.25. The van der Waals surface area contributed by atoms with Crippen molar-refractivity contribution in [3.8, 4) is 23.8 Å². The highest BCUT2D eigenvalue weighted by Crippen LogP contribution is 2.36. The molecule has 164 valence electrons. The van der Waals surface area contributed by atoms with Gasteiger partial charge in [0.25, 0.3) is 0 Å². The molecule has 3 nitrogen and oxygen atoms in total. The van der Waals surface area contributed by atoms with E-state index in [1.54, 1.807) is 13.2 Å². The second-order valence-corrected chi connectivity index (χ2v) is 8.45. The van der Waals surface area contributed by atoms with Crippen LogP contribution in [-0.2, 0) is 10.2 Å². The molecule has 0 heterocycles. The summed E-state index contributed by atoms with van der Waals surface area (Å²) in [5.74, 6) is 5.34. The number of terminal acetylenes is 1. The van der Waals surface area contributed by atoms with Gasteiger partial charge in [-0.15, -0.1) is 18.0 Å². The van der Waals surface area contributed by atoms with Crippen LogP contribution in [0.5, 0.6) is 11.5 Å². The van der Waals surface area contributed by atoms with E-state index in [1.165, 1.54) is 0 Å². The summed E-state index contributed by atoms with van der Waals surface area (Å²) in [6, 6.07) is 12.3. The first kappa shape index (κ1) is 24.4. The number of rotatable bonds is 10. The molecule has 0 amide bonds. The Hall–Kier alpha value is -2.83. The predicted octanol–water partition coefficient (Wildman–Crippen LogP) is 6.75. The molecule has 0 saturated carbocycles. The third-order valence-corrected chi connectivity index (χ3v) is 5.13. The summed E-state index contributed by atoms with van der Waals surface area (Å²) in [4.78, 5) is 0. The van der Waals surface area contributed by atoms with Crippen LogP contribution in [0.3, 0.4) is 0 Å². The number of halogens is 1. The van der Waals surface area contributed by atoms with Crippen molar-refractivity contribution in [1.82, 2.24) is 0 Å². The minimum Gasteiger partial charge on any atom is -0.491 e. The van der Waals surface area contributed by atoms with Gasteiger partial charge in [0.1, 0.15) is 24.7 Å². The zero-order valence-corrected chi connectivity index (χ0v) is 19.8. The van der Waals surface area contributed by atoms with Crippen LogP contribution in [0.15, 0.2) is 60.6 Å². The van der Waals surface area contributed by atoms with Crippen LogP contribution in [0, 0.1) is 19.3 Å². The maximum atomic E-state index is 5.85. The van der Waals surface area contributed by atoms with Crippen molar-refractivity contribution < 1.29 is 14.2 Å². The summed E-state index contributed by atoms with van der Waals surface area (Å²) >= 11 is 5.76. The SMILES string of the molecule is C#Cc1cc(C(C)(C)c2ccc(OC/C(C)=C/OC(=C)C)cc2)cc(C)c1OCCCl. The van der Waals surface area contributed by atoms with Crippen molar-refractivity contribution in [2.75, 3.05) is 19.1 Å². The van der Waals surface area contributed by atoms with Gasteiger partial charge in [-0.1, -0.05) is 44.5 Å². The van der Waals surface area contributed by atoms with E-state index in [2.05, 4.69) is 44.5 Å². The lowest BCUT2D eigenvalue weighted by molar-refractivity contribution is 0.322. The standard InChI is InChI=1S/C27H31ClO3/c1-8-22-16-24(15-21(5)26(22)29-14-13-28)27(6,7)23-9-11-25(12-10-23)31-18-20(4)17-30-19(2)3/h1,9-12,15-17H,2,13-14,18H2,3-7H3/b20-17+. The summed E-state index contributed by atoms with van der Waals surface area (Å²) in [5, 5.41) is 0. The lowest BCUT2D eigenvalue weighted by atomic mass is 9.77. The molecule has 4 heteroatoms. The van der Waals surface area contributed by atoms with Crippen molar-refractivity contribution in [2.24, 2.45) is 0 Å². The molecule has 0 atom stereocenters. The van der Waals surface area contributed by atoms with Gasteiger partial charge < -0.3 is 14.2 Å². The lowest BCUT2D eigenvalue weighted by Crippen LogP contribution is -2.19. The molecule has 0 radical (unpaired) electrons. The topological polar surface area (TPSA) is 27.7 Å². The third-order valence-electron chi connectivity index (χ3n) is 4.98. The minimum atomic E-state index is -0.245. The quantitative estimate of drug-likeness (QED) is 0.233. The molecule has 2 aromatic carbocycles. The van der Waals surface area contributed by atoms with Crippen LogP contribution in [0.4, 0.5) is 0 Å². The van der Waals surface area contributed by atoms with Crippen molar-refractivity contribution in [2.45, 2.75) is 40.0 Å². The summed E-state index contributed by atoms with van der Waals surface area (Å²) in [6.45, 7) is 14.7. The van der Waals surface area contributed by atoms with E-state index in [1.807, 2.05) is 32.0 Å². The molecule has 31 heavy (non-hydrogen) atoms. The van der Waals surface area contributed by atoms with Gasteiger partial charge in [0, 0.05) is 5.41 Å². The fourth-order valence-corrected chi connectivity index (χ4v) is 3.22. The Kier molecular flexibility index (Phi) is 8.65. The first-order valence-electron chi connectivity index (χ1n) is 10.2. The smallest absolute Gasteiger partial charge is 0.137 e. The van der Waals surface area contributed by atoms with Gasteiger partial charge in [-0.2, -0.15) is 0 Å². The molecule has 2 aromatic rings. The van der Waals surface area contributed by atoms with E-state index in [4.69, 9.17) is 32.2 Å². The van der Waals surface area contributed by atoms with E-state index >= 15 is 0 Å². The molecule has 0 aliphatic rings. The second-order valence-electron chi connectivity index (χ2n) is 8.07. The fourth-order valence-electron chi connectivity index (χ4n) is 3.14. The van der Waals surface area contributed by atoms with Crippen molar-refractivity contribution >= 4 is 11.6 Å². The molecular weight excluding hydrogens is 408 g/mol. The van der Waals surface area contributed by atoms with Gasteiger partial charge in [0.2, 0.25) is 0 Å². The molecule has 0 spiro atoms. The molecule has 0 bridgehead atoms. The highest BCUT2D eigenvalue weighted by molar-refractivity contribution is 6.18. The van der Waals surface area contributed by atoms with Crippen LogP contribution in [0.2, 0.25) is 0 Å². The molecule has 0 aromatic heterocycles. The van der Waals surface area contributed by atoms with Crippen molar-refractivity contribution in [1.29, 1.82) is 0 Å². The monoisotopic (exact) mass is 438 g/mol. The minimum absolute atomic E-state index is 0.245. The zero-order valence-electron chi connectivity index (χ0n) is 19.0. The largest absolute Gasteiger partial charge is 0.491 e.